The first-order valence-corrected chi connectivity index (χ1v) is 9.88. The van der Waals surface area contributed by atoms with Crippen molar-refractivity contribution in [3.8, 4) is 11.4 Å². The van der Waals surface area contributed by atoms with Crippen LogP contribution in [0.1, 0.15) is 15.9 Å². The van der Waals surface area contributed by atoms with E-state index in [4.69, 9.17) is 11.6 Å². The predicted octanol–water partition coefficient (Wildman–Crippen LogP) is 4.95. The summed E-state index contributed by atoms with van der Waals surface area (Å²) in [7, 11) is 0. The number of carbonyl (C=O) groups excluding carboxylic acids is 2. The number of carbonyl (C=O) groups is 2. The average molecular weight is 446 g/mol. The van der Waals surface area contributed by atoms with Crippen molar-refractivity contribution in [2.75, 3.05) is 5.32 Å². The molecule has 0 radical (unpaired) electrons. The number of aromatic amines is 1. The van der Waals surface area contributed by atoms with Crippen LogP contribution in [-0.2, 0) is 4.79 Å². The van der Waals surface area contributed by atoms with Crippen molar-refractivity contribution in [2.24, 2.45) is 5.29 Å². The standard InChI is InChI=1S/C23H16ClN5O3/c24-18-11-10-16(13-17(18)22-26-19-3-1-2-4-20(19)27-22)25-23(31)15-8-5-14(6-9-15)7-12-21(30)28-29-32/h1-13H,(H,25,31)(H,26,27)(H,28,30,32)/b12-7+. The van der Waals surface area contributed by atoms with Gasteiger partial charge in [-0.1, -0.05) is 35.9 Å². The van der Waals surface area contributed by atoms with Gasteiger partial charge in [0.05, 0.1) is 21.3 Å². The second kappa shape index (κ2) is 9.23. The number of para-hydroxylation sites is 2. The zero-order valence-electron chi connectivity index (χ0n) is 16.5. The van der Waals surface area contributed by atoms with Gasteiger partial charge >= 0.3 is 0 Å². The Labute approximate surface area is 187 Å². The largest absolute Gasteiger partial charge is 0.338 e. The van der Waals surface area contributed by atoms with Crippen molar-refractivity contribution in [1.82, 2.24) is 15.4 Å². The molecule has 158 valence electrons. The van der Waals surface area contributed by atoms with E-state index in [-0.39, 0.29) is 5.91 Å². The molecule has 0 aliphatic rings. The third-order valence-corrected chi connectivity index (χ3v) is 4.95. The van der Waals surface area contributed by atoms with Crippen molar-refractivity contribution in [1.29, 1.82) is 0 Å². The van der Waals surface area contributed by atoms with Gasteiger partial charge in [-0.05, 0) is 54.1 Å². The molecule has 3 N–H and O–H groups in total. The molecule has 3 aromatic carbocycles. The number of fused-ring (bicyclic) bond motifs is 1. The summed E-state index contributed by atoms with van der Waals surface area (Å²) in [5, 5.41) is 5.65. The van der Waals surface area contributed by atoms with Crippen LogP contribution in [0.3, 0.4) is 0 Å². The first-order valence-electron chi connectivity index (χ1n) is 9.50. The van der Waals surface area contributed by atoms with Crippen LogP contribution in [0.5, 0.6) is 0 Å². The molecule has 32 heavy (non-hydrogen) atoms. The number of benzene rings is 3. The summed E-state index contributed by atoms with van der Waals surface area (Å²) in [5.74, 6) is -0.330. The lowest BCUT2D eigenvalue weighted by Crippen LogP contribution is -2.12. The molecule has 4 rings (SSSR count). The molecular formula is C23H16ClN5O3. The molecule has 0 saturated heterocycles. The van der Waals surface area contributed by atoms with E-state index in [2.05, 4.69) is 20.6 Å². The number of anilines is 1. The molecule has 0 atom stereocenters. The van der Waals surface area contributed by atoms with Gasteiger partial charge in [0.15, 0.2) is 0 Å². The van der Waals surface area contributed by atoms with Crippen LogP contribution in [0.4, 0.5) is 5.69 Å². The molecule has 0 unspecified atom stereocenters. The first-order chi connectivity index (χ1) is 15.5. The van der Waals surface area contributed by atoms with E-state index in [0.29, 0.717) is 33.2 Å². The average Bonchev–Trinajstić information content (AvgIpc) is 3.23. The number of nitrogens with zero attached hydrogens (tertiary/aromatic N) is 2. The van der Waals surface area contributed by atoms with Crippen molar-refractivity contribution < 1.29 is 9.59 Å². The minimum atomic E-state index is -0.634. The molecule has 0 saturated carbocycles. The number of nitrogens with one attached hydrogen (secondary N) is 3. The molecule has 0 aliphatic carbocycles. The van der Waals surface area contributed by atoms with Gasteiger partial charge < -0.3 is 10.3 Å². The van der Waals surface area contributed by atoms with Crippen molar-refractivity contribution >= 4 is 46.2 Å². The second-order valence-corrected chi connectivity index (χ2v) is 7.18. The number of hydrogen-bond acceptors (Lipinski definition) is 5. The van der Waals surface area contributed by atoms with Gasteiger partial charge in [0.1, 0.15) is 5.82 Å². The third-order valence-electron chi connectivity index (χ3n) is 4.62. The summed E-state index contributed by atoms with van der Waals surface area (Å²) < 4.78 is 0. The predicted molar refractivity (Wildman–Crippen MR) is 124 cm³/mol. The molecule has 2 amide bonds. The molecular weight excluding hydrogens is 430 g/mol. The molecule has 1 aromatic heterocycles. The number of amides is 2. The summed E-state index contributed by atoms with van der Waals surface area (Å²) in [5.41, 5.74) is 5.83. The lowest BCUT2D eigenvalue weighted by Gasteiger charge is -2.08. The lowest BCUT2D eigenvalue weighted by atomic mass is 10.1. The van der Waals surface area contributed by atoms with Crippen LogP contribution in [-0.4, -0.2) is 21.8 Å². The first kappa shape index (κ1) is 21.0. The van der Waals surface area contributed by atoms with E-state index >= 15 is 0 Å². The number of rotatable bonds is 6. The molecule has 9 heteroatoms. The minimum absolute atomic E-state index is 0.304. The number of halogens is 1. The van der Waals surface area contributed by atoms with E-state index in [1.54, 1.807) is 47.9 Å². The van der Waals surface area contributed by atoms with Crippen LogP contribution in [0.15, 0.2) is 78.1 Å². The fraction of sp³-hybridized carbons (Fsp3) is 0. The van der Waals surface area contributed by atoms with Crippen molar-refractivity contribution in [3.63, 3.8) is 0 Å². The Morgan fingerprint density at radius 1 is 1.03 bits per heavy atom. The van der Waals surface area contributed by atoms with Crippen molar-refractivity contribution in [3.05, 3.63) is 93.9 Å². The van der Waals surface area contributed by atoms with Gasteiger partial charge in [0, 0.05) is 22.9 Å². The summed E-state index contributed by atoms with van der Waals surface area (Å²) in [4.78, 5) is 41.7. The Morgan fingerprint density at radius 2 is 1.81 bits per heavy atom. The molecule has 1 heterocycles. The van der Waals surface area contributed by atoms with Crippen LogP contribution < -0.4 is 10.7 Å². The van der Waals surface area contributed by atoms with Gasteiger partial charge in [-0.2, -0.15) is 0 Å². The highest BCUT2D eigenvalue weighted by Gasteiger charge is 2.12. The van der Waals surface area contributed by atoms with Crippen molar-refractivity contribution in [2.45, 2.75) is 0 Å². The summed E-state index contributed by atoms with van der Waals surface area (Å²) in [6.45, 7) is 0. The molecule has 4 aromatic rings. The number of H-pyrrole nitrogens is 1. The monoisotopic (exact) mass is 445 g/mol. The summed E-state index contributed by atoms with van der Waals surface area (Å²) >= 11 is 6.37. The van der Waals surface area contributed by atoms with Gasteiger partial charge in [-0.25, -0.2) is 10.4 Å². The van der Waals surface area contributed by atoms with Gasteiger partial charge in [0.25, 0.3) is 11.8 Å². The topological polar surface area (TPSA) is 116 Å². The molecule has 8 nitrogen and oxygen atoms in total. The van der Waals surface area contributed by atoms with Crippen LogP contribution >= 0.6 is 11.6 Å². The number of imidazole rings is 1. The molecule has 0 aliphatic heterocycles. The summed E-state index contributed by atoms with van der Waals surface area (Å²) in [6.07, 6.45) is 2.67. The number of hydrogen-bond donors (Lipinski definition) is 3. The smallest absolute Gasteiger partial charge is 0.266 e. The van der Waals surface area contributed by atoms with Gasteiger partial charge in [0.2, 0.25) is 0 Å². The van der Waals surface area contributed by atoms with Crippen LogP contribution in [0.2, 0.25) is 5.02 Å². The van der Waals surface area contributed by atoms with E-state index in [1.807, 2.05) is 24.3 Å². The maximum atomic E-state index is 12.7. The highest BCUT2D eigenvalue weighted by atomic mass is 35.5. The lowest BCUT2D eigenvalue weighted by molar-refractivity contribution is -0.116. The van der Waals surface area contributed by atoms with E-state index in [0.717, 1.165) is 11.0 Å². The molecule has 0 bridgehead atoms. The number of aromatic nitrogens is 2. The minimum Gasteiger partial charge on any atom is -0.338 e. The Bertz CT molecular complexity index is 1310. The fourth-order valence-electron chi connectivity index (χ4n) is 3.07. The number of nitroso groups, excluding NO2 is 1. The van der Waals surface area contributed by atoms with Crippen LogP contribution in [0, 0.1) is 4.91 Å². The van der Waals surface area contributed by atoms with E-state index < -0.39 is 5.91 Å². The van der Waals surface area contributed by atoms with Gasteiger partial charge in [-0.15, -0.1) is 4.91 Å². The van der Waals surface area contributed by atoms with E-state index in [1.165, 1.54) is 12.2 Å². The molecule has 0 fully saturated rings. The van der Waals surface area contributed by atoms with Crippen LogP contribution in [0.25, 0.3) is 28.5 Å². The highest BCUT2D eigenvalue weighted by molar-refractivity contribution is 6.33. The Hall–Kier alpha value is -4.30. The zero-order chi connectivity index (χ0) is 22.5. The normalized spacial score (nSPS) is 10.9. The maximum Gasteiger partial charge on any atom is 0.266 e. The summed E-state index contributed by atoms with van der Waals surface area (Å²) in [6, 6.07) is 19.4. The quantitative estimate of drug-likeness (QED) is 0.221. The maximum absolute atomic E-state index is 12.7. The SMILES string of the molecule is O=NNC(=O)/C=C/c1ccc(C(=O)Nc2ccc(Cl)c(-c3nc4ccccc4[nH]3)c2)cc1. The zero-order valence-corrected chi connectivity index (χ0v) is 17.3. The fourth-order valence-corrected chi connectivity index (χ4v) is 3.27. The Kier molecular flexibility index (Phi) is 6.05. The van der Waals surface area contributed by atoms with Gasteiger partial charge in [-0.3, -0.25) is 9.59 Å². The third kappa shape index (κ3) is 4.71. The second-order valence-electron chi connectivity index (χ2n) is 6.77. The Morgan fingerprint density at radius 3 is 2.56 bits per heavy atom. The highest BCUT2D eigenvalue weighted by Crippen LogP contribution is 2.30. The Balaban J connectivity index is 1.50. The molecule has 0 spiro atoms. The van der Waals surface area contributed by atoms with E-state index in [9.17, 15) is 14.5 Å².